The third-order valence-corrected chi connectivity index (χ3v) is 9.59. The number of aromatic amines is 1. The second-order valence-corrected chi connectivity index (χ2v) is 13.8. The van der Waals surface area contributed by atoms with E-state index in [1.807, 2.05) is 30.3 Å². The number of fused-ring (bicyclic) bond motifs is 2. The predicted molar refractivity (Wildman–Crippen MR) is 219 cm³/mol. The van der Waals surface area contributed by atoms with Crippen molar-refractivity contribution in [3.63, 3.8) is 0 Å². The number of carboxylic acid groups (broad SMARTS) is 1. The maximum atomic E-state index is 13.5. The molecule has 2 aliphatic rings. The van der Waals surface area contributed by atoms with Crippen LogP contribution in [0.3, 0.4) is 0 Å². The zero-order valence-corrected chi connectivity index (χ0v) is 32.0. The van der Waals surface area contributed by atoms with E-state index in [4.69, 9.17) is 4.42 Å². The molecular formula is C43H43N7O9. The smallest absolute Gasteiger partial charge is 0.336 e. The van der Waals surface area contributed by atoms with Gasteiger partial charge < -0.3 is 46.2 Å². The molecule has 0 bridgehead atoms. The number of imidazole rings is 1. The lowest BCUT2D eigenvalue weighted by atomic mass is 9.90. The molecule has 0 saturated carbocycles. The first-order valence-electron chi connectivity index (χ1n) is 18.9. The number of likely N-dealkylation sites (N-methyl/N-ethyl adjacent to an activating group) is 1. The summed E-state index contributed by atoms with van der Waals surface area (Å²) in [6.45, 7) is 0.271. The average molecular weight is 802 g/mol. The Morgan fingerprint density at radius 3 is 2.36 bits per heavy atom. The summed E-state index contributed by atoms with van der Waals surface area (Å²) in [6.07, 6.45) is 5.23. The number of H-pyrrole nitrogens is 1. The zero-order chi connectivity index (χ0) is 41.9. The molecular weight excluding hydrogens is 759 g/mol. The van der Waals surface area contributed by atoms with Crippen LogP contribution in [-0.4, -0.2) is 75.6 Å². The highest BCUT2D eigenvalue weighted by molar-refractivity contribution is 6.08. The first kappa shape index (κ1) is 41.2. The molecule has 304 valence electrons. The van der Waals surface area contributed by atoms with Crippen molar-refractivity contribution < 1.29 is 38.6 Å². The largest absolute Gasteiger partial charge is 0.508 e. The van der Waals surface area contributed by atoms with Crippen molar-refractivity contribution in [2.45, 2.75) is 50.6 Å². The van der Waals surface area contributed by atoms with Gasteiger partial charge in [0, 0.05) is 79.6 Å². The summed E-state index contributed by atoms with van der Waals surface area (Å²) in [5, 5.41) is 34.3. The number of phenols is 1. The highest BCUT2D eigenvalue weighted by Gasteiger charge is 2.28. The topological polar surface area (TPSA) is 245 Å². The second-order valence-electron chi connectivity index (χ2n) is 13.8. The number of anilines is 1. The number of nitrogens with zero attached hydrogens (tertiary/aromatic N) is 1. The van der Waals surface area contributed by atoms with E-state index in [1.54, 1.807) is 36.7 Å². The van der Waals surface area contributed by atoms with Gasteiger partial charge >= 0.3 is 12.0 Å². The molecule has 0 unspecified atom stereocenters. The summed E-state index contributed by atoms with van der Waals surface area (Å²) < 4.78 is 5.88. The second kappa shape index (κ2) is 19.1. The number of rotatable bonds is 17. The van der Waals surface area contributed by atoms with Gasteiger partial charge in [-0.25, -0.2) is 14.6 Å². The van der Waals surface area contributed by atoms with Gasteiger partial charge in [0.2, 0.25) is 17.7 Å². The van der Waals surface area contributed by atoms with E-state index in [9.17, 15) is 39.0 Å². The van der Waals surface area contributed by atoms with Crippen LogP contribution < -0.4 is 32.0 Å². The fourth-order valence-electron chi connectivity index (χ4n) is 6.72. The van der Waals surface area contributed by atoms with E-state index in [1.165, 1.54) is 37.4 Å². The Morgan fingerprint density at radius 1 is 0.831 bits per heavy atom. The minimum Gasteiger partial charge on any atom is -0.508 e. The Kier molecular flexibility index (Phi) is 13.3. The number of carbonyl (C=O) groups is 5. The summed E-state index contributed by atoms with van der Waals surface area (Å²) in [5.74, 6) is -1.84. The molecule has 0 saturated heterocycles. The number of carbonyl (C=O) groups excluding carboxylic acids is 4. The van der Waals surface area contributed by atoms with Gasteiger partial charge in [0.25, 0.3) is 0 Å². The normalized spacial score (nSPS) is 12.0. The van der Waals surface area contributed by atoms with Gasteiger partial charge in [-0.2, -0.15) is 0 Å². The van der Waals surface area contributed by atoms with Crippen LogP contribution in [0.4, 0.5) is 10.5 Å². The Bertz CT molecular complexity index is 2490. The molecule has 3 aromatic carbocycles. The van der Waals surface area contributed by atoms with Crippen LogP contribution in [0.5, 0.6) is 5.75 Å². The van der Waals surface area contributed by atoms with Gasteiger partial charge in [0.05, 0.1) is 5.56 Å². The van der Waals surface area contributed by atoms with Crippen molar-refractivity contribution in [3.05, 3.63) is 124 Å². The number of phenolic OH excluding ortho intramolecular Hbond substituents is 1. The maximum Gasteiger partial charge on any atom is 0.336 e. The molecule has 8 N–H and O–H groups in total. The van der Waals surface area contributed by atoms with Gasteiger partial charge in [0.15, 0.2) is 5.43 Å². The number of urea groups is 1. The van der Waals surface area contributed by atoms with Crippen molar-refractivity contribution >= 4 is 46.4 Å². The SMILES string of the molecule is CNC(=O)[C@H](Cc1ncc[nH]1)NC(=O)[C@H](Cc1ccccc1)NC(=O)CCCCCNC(=O)Nc1ccc(-c2c3ccc(=O)cc-3oc3cc(O)ccc23)c(C(=O)O)c1. The number of aromatic nitrogens is 2. The number of hydrogen-bond acceptors (Lipinski definition) is 9. The molecule has 2 heterocycles. The van der Waals surface area contributed by atoms with Crippen molar-refractivity contribution in [2.75, 3.05) is 18.9 Å². The third kappa shape index (κ3) is 10.7. The lowest BCUT2D eigenvalue weighted by molar-refractivity contribution is -0.132. The lowest BCUT2D eigenvalue weighted by Gasteiger charge is -2.22. The van der Waals surface area contributed by atoms with Gasteiger partial charge in [-0.3, -0.25) is 19.2 Å². The van der Waals surface area contributed by atoms with Gasteiger partial charge in [0.1, 0.15) is 35.0 Å². The summed E-state index contributed by atoms with van der Waals surface area (Å²) in [7, 11) is 1.47. The highest BCUT2D eigenvalue weighted by atomic mass is 16.4. The van der Waals surface area contributed by atoms with Crippen molar-refractivity contribution in [1.82, 2.24) is 31.2 Å². The summed E-state index contributed by atoms with van der Waals surface area (Å²) in [5.41, 5.74) is 2.17. The fraction of sp³-hybridized carbons (Fsp3) is 0.233. The van der Waals surface area contributed by atoms with E-state index in [-0.39, 0.29) is 65.5 Å². The van der Waals surface area contributed by atoms with Crippen LogP contribution in [0.1, 0.15) is 47.4 Å². The number of benzene rings is 4. The molecule has 2 atom stereocenters. The average Bonchev–Trinajstić information content (AvgIpc) is 3.74. The summed E-state index contributed by atoms with van der Waals surface area (Å²) in [6, 6.07) is 19.9. The van der Waals surface area contributed by atoms with Gasteiger partial charge in [-0.1, -0.05) is 42.8 Å². The Morgan fingerprint density at radius 2 is 1.61 bits per heavy atom. The fourth-order valence-corrected chi connectivity index (χ4v) is 6.72. The van der Waals surface area contributed by atoms with Crippen molar-refractivity contribution in [2.24, 2.45) is 0 Å². The molecule has 16 heteroatoms. The molecule has 1 aliphatic heterocycles. The molecule has 16 nitrogen and oxygen atoms in total. The van der Waals surface area contributed by atoms with Crippen molar-refractivity contribution in [1.29, 1.82) is 0 Å². The maximum absolute atomic E-state index is 13.5. The van der Waals surface area contributed by atoms with E-state index in [0.29, 0.717) is 47.2 Å². The van der Waals surface area contributed by atoms with Crippen LogP contribution in [0, 0.1) is 0 Å². The molecule has 0 spiro atoms. The molecule has 1 aliphatic carbocycles. The van der Waals surface area contributed by atoms with Gasteiger partial charge in [-0.05, 0) is 60.4 Å². The first-order valence-corrected chi connectivity index (χ1v) is 18.9. The summed E-state index contributed by atoms with van der Waals surface area (Å²) in [4.78, 5) is 83.6. The summed E-state index contributed by atoms with van der Waals surface area (Å²) >= 11 is 0. The standard InChI is InChI=1S/C43H43N7O9/c1-44-40(54)34(24-37-45-18-19-46-37)50-41(55)33(20-25-8-4-2-5-9-25)49-38(53)10-6-3-7-17-47-43(58)48-26-11-14-29(32(21-26)42(56)57)39-30-15-12-27(51)22-35(30)59-36-23-28(52)13-16-31(36)39/h2,4-5,8-9,11-16,18-19,21-23,33-34,51H,3,6-7,10,17,20,24H2,1H3,(H,44,54)(H,45,46)(H,49,53)(H,50,55)(H,56,57)(H2,47,48,58)/t33-,34-/m0/s1. The number of aromatic hydroxyl groups is 1. The third-order valence-electron chi connectivity index (χ3n) is 9.59. The Hall–Kier alpha value is -7.49. The van der Waals surface area contributed by atoms with E-state index < -0.39 is 35.9 Å². The molecule has 5 amide bonds. The molecule has 6 rings (SSSR count). The van der Waals surface area contributed by atoms with E-state index in [2.05, 4.69) is 36.6 Å². The van der Waals surface area contributed by atoms with Crippen molar-refractivity contribution in [3.8, 4) is 28.2 Å². The molecule has 0 fully saturated rings. The van der Waals surface area contributed by atoms with E-state index in [0.717, 1.165) is 5.56 Å². The molecule has 59 heavy (non-hydrogen) atoms. The highest BCUT2D eigenvalue weighted by Crippen LogP contribution is 2.42. The van der Waals surface area contributed by atoms with Crippen LogP contribution in [0.2, 0.25) is 0 Å². The quantitative estimate of drug-likeness (QED) is 0.0472. The van der Waals surface area contributed by atoms with E-state index >= 15 is 0 Å². The monoisotopic (exact) mass is 801 g/mol. The Balaban J connectivity index is 1.02. The Labute approximate surface area is 337 Å². The lowest BCUT2D eigenvalue weighted by Crippen LogP contribution is -2.54. The van der Waals surface area contributed by atoms with Gasteiger partial charge in [-0.15, -0.1) is 0 Å². The number of unbranched alkanes of at least 4 members (excludes halogenated alkanes) is 2. The number of aromatic carboxylic acids is 1. The molecule has 0 radical (unpaired) electrons. The minimum absolute atomic E-state index is 0.0686. The zero-order valence-electron chi connectivity index (χ0n) is 32.0. The number of nitrogens with one attached hydrogen (secondary N) is 6. The minimum atomic E-state index is -1.25. The first-order chi connectivity index (χ1) is 28.5. The van der Waals surface area contributed by atoms with Crippen LogP contribution in [-0.2, 0) is 27.2 Å². The number of carboxylic acids is 1. The number of hydrogen-bond donors (Lipinski definition) is 8. The molecule has 4 aromatic rings. The van der Waals surface area contributed by atoms with Crippen LogP contribution in [0.15, 0.2) is 107 Å². The number of amides is 5. The molecule has 1 aromatic heterocycles. The van der Waals surface area contributed by atoms with Crippen LogP contribution >= 0.6 is 0 Å². The van der Waals surface area contributed by atoms with Crippen LogP contribution in [0.25, 0.3) is 33.4 Å². The predicted octanol–water partition coefficient (Wildman–Crippen LogP) is 4.57.